The van der Waals surface area contributed by atoms with E-state index in [9.17, 15) is 9.90 Å². The van der Waals surface area contributed by atoms with Gasteiger partial charge in [-0.1, -0.05) is 49.1 Å². The average Bonchev–Trinajstić information content (AvgIpc) is 2.55. The quantitative estimate of drug-likeness (QED) is 0.821. The molecule has 2 rings (SSSR count). The smallest absolute Gasteiger partial charge is 0.224 e. The van der Waals surface area contributed by atoms with Crippen molar-refractivity contribution >= 4 is 5.91 Å². The highest BCUT2D eigenvalue weighted by molar-refractivity contribution is 5.79. The number of aryl methyl sites for hydroxylation is 1. The fourth-order valence-corrected chi connectivity index (χ4v) is 2.72. The second-order valence-electron chi connectivity index (χ2n) is 5.55. The van der Waals surface area contributed by atoms with Crippen molar-refractivity contribution in [1.29, 1.82) is 0 Å². The summed E-state index contributed by atoms with van der Waals surface area (Å²) in [4.78, 5) is 12.0. The Morgan fingerprint density at radius 2 is 2.11 bits per heavy atom. The molecule has 2 N–H and O–H groups in total. The second kappa shape index (κ2) is 6.71. The topological polar surface area (TPSA) is 49.3 Å². The normalized spacial score (nSPS) is 23.7. The van der Waals surface area contributed by atoms with Gasteiger partial charge in [-0.25, -0.2) is 0 Å². The predicted molar refractivity (Wildman–Crippen MR) is 75.9 cm³/mol. The van der Waals surface area contributed by atoms with Crippen molar-refractivity contribution in [3.05, 3.63) is 35.4 Å². The first-order valence-electron chi connectivity index (χ1n) is 7.18. The maximum absolute atomic E-state index is 12.0. The van der Waals surface area contributed by atoms with E-state index >= 15 is 0 Å². The maximum Gasteiger partial charge on any atom is 0.224 e. The summed E-state index contributed by atoms with van der Waals surface area (Å²) < 4.78 is 0. The first-order valence-corrected chi connectivity index (χ1v) is 7.18. The van der Waals surface area contributed by atoms with Gasteiger partial charge in [-0.3, -0.25) is 4.79 Å². The van der Waals surface area contributed by atoms with Gasteiger partial charge in [0.25, 0.3) is 0 Å². The van der Waals surface area contributed by atoms with Gasteiger partial charge in [0.2, 0.25) is 5.91 Å². The molecule has 104 valence electrons. The molecule has 1 aromatic rings. The number of hydrogen-bond acceptors (Lipinski definition) is 2. The number of amides is 1. The van der Waals surface area contributed by atoms with Crippen LogP contribution in [0.25, 0.3) is 0 Å². The van der Waals surface area contributed by atoms with Crippen molar-refractivity contribution in [1.82, 2.24) is 5.32 Å². The van der Waals surface area contributed by atoms with Crippen LogP contribution in [-0.2, 0) is 11.2 Å². The average molecular weight is 261 g/mol. The monoisotopic (exact) mass is 261 g/mol. The molecule has 2 atom stereocenters. The molecule has 19 heavy (non-hydrogen) atoms. The first kappa shape index (κ1) is 14.1. The number of benzene rings is 1. The van der Waals surface area contributed by atoms with Gasteiger partial charge < -0.3 is 10.4 Å². The van der Waals surface area contributed by atoms with Gasteiger partial charge in [0, 0.05) is 0 Å². The fraction of sp³-hybridized carbons (Fsp3) is 0.562. The van der Waals surface area contributed by atoms with E-state index in [1.165, 1.54) is 5.56 Å². The zero-order valence-electron chi connectivity index (χ0n) is 11.6. The summed E-state index contributed by atoms with van der Waals surface area (Å²) in [7, 11) is 0. The minimum atomic E-state index is -0.385. The highest BCUT2D eigenvalue weighted by atomic mass is 16.3. The van der Waals surface area contributed by atoms with E-state index in [2.05, 4.69) is 5.32 Å². The Balaban J connectivity index is 1.89. The van der Waals surface area contributed by atoms with E-state index in [1.807, 2.05) is 31.2 Å². The van der Waals surface area contributed by atoms with E-state index in [0.717, 1.165) is 37.7 Å². The van der Waals surface area contributed by atoms with Crippen LogP contribution in [0.5, 0.6) is 0 Å². The molecule has 1 saturated carbocycles. The van der Waals surface area contributed by atoms with E-state index in [1.54, 1.807) is 0 Å². The van der Waals surface area contributed by atoms with E-state index in [0.29, 0.717) is 6.42 Å². The van der Waals surface area contributed by atoms with Crippen LogP contribution in [0.1, 0.15) is 43.2 Å². The number of aliphatic hydroxyl groups is 1. The summed E-state index contributed by atoms with van der Waals surface area (Å²) in [5.41, 5.74) is 2.19. The summed E-state index contributed by atoms with van der Waals surface area (Å²) in [5, 5.41) is 13.0. The van der Waals surface area contributed by atoms with Gasteiger partial charge in [0.1, 0.15) is 0 Å². The van der Waals surface area contributed by atoms with Crippen LogP contribution < -0.4 is 5.32 Å². The molecule has 0 saturated heterocycles. The molecule has 3 nitrogen and oxygen atoms in total. The number of nitrogens with one attached hydrogen (secondary N) is 1. The fourth-order valence-electron chi connectivity index (χ4n) is 2.72. The second-order valence-corrected chi connectivity index (χ2v) is 5.55. The zero-order chi connectivity index (χ0) is 13.7. The molecular formula is C16H23NO2. The van der Waals surface area contributed by atoms with E-state index < -0.39 is 0 Å². The third-order valence-electron chi connectivity index (χ3n) is 3.77. The first-order chi connectivity index (χ1) is 9.15. The highest BCUT2D eigenvalue weighted by Crippen LogP contribution is 2.18. The number of carbonyl (C=O) groups is 1. The van der Waals surface area contributed by atoms with Gasteiger partial charge in [-0.05, 0) is 25.3 Å². The maximum atomic E-state index is 12.0. The molecule has 3 heteroatoms. The van der Waals surface area contributed by atoms with Crippen LogP contribution in [0.2, 0.25) is 0 Å². The summed E-state index contributed by atoms with van der Waals surface area (Å²) in [6.45, 7) is 2.02. The van der Waals surface area contributed by atoms with Gasteiger partial charge >= 0.3 is 0 Å². The van der Waals surface area contributed by atoms with Crippen LogP contribution in [-0.4, -0.2) is 23.2 Å². The Morgan fingerprint density at radius 1 is 1.32 bits per heavy atom. The Hall–Kier alpha value is -1.35. The van der Waals surface area contributed by atoms with Crippen molar-refractivity contribution in [2.75, 3.05) is 0 Å². The zero-order valence-corrected chi connectivity index (χ0v) is 11.6. The van der Waals surface area contributed by atoms with Crippen LogP contribution >= 0.6 is 0 Å². The highest BCUT2D eigenvalue weighted by Gasteiger charge is 2.22. The van der Waals surface area contributed by atoms with Crippen molar-refractivity contribution in [2.24, 2.45) is 0 Å². The molecule has 0 heterocycles. The van der Waals surface area contributed by atoms with Crippen LogP contribution in [0, 0.1) is 6.92 Å². The van der Waals surface area contributed by atoms with Gasteiger partial charge in [0.05, 0.1) is 18.6 Å². The van der Waals surface area contributed by atoms with Crippen LogP contribution in [0.15, 0.2) is 24.3 Å². The molecule has 1 aliphatic carbocycles. The van der Waals surface area contributed by atoms with E-state index in [-0.39, 0.29) is 18.1 Å². The largest absolute Gasteiger partial charge is 0.391 e. The predicted octanol–water partition coefficient (Wildman–Crippen LogP) is 2.35. The number of aliphatic hydroxyl groups excluding tert-OH is 1. The van der Waals surface area contributed by atoms with Crippen molar-refractivity contribution in [3.8, 4) is 0 Å². The molecule has 0 aliphatic heterocycles. The third-order valence-corrected chi connectivity index (χ3v) is 3.77. The molecule has 1 aliphatic rings. The lowest BCUT2D eigenvalue weighted by molar-refractivity contribution is -0.122. The lowest BCUT2D eigenvalue weighted by atomic mass is 10.0. The van der Waals surface area contributed by atoms with Crippen molar-refractivity contribution in [2.45, 2.75) is 57.6 Å². The summed E-state index contributed by atoms with van der Waals surface area (Å²) >= 11 is 0. The van der Waals surface area contributed by atoms with Crippen LogP contribution in [0.3, 0.4) is 0 Å². The Morgan fingerprint density at radius 3 is 2.89 bits per heavy atom. The Labute approximate surface area is 115 Å². The number of hydrogen-bond donors (Lipinski definition) is 2. The van der Waals surface area contributed by atoms with Crippen LogP contribution in [0.4, 0.5) is 0 Å². The van der Waals surface area contributed by atoms with Gasteiger partial charge in [-0.15, -0.1) is 0 Å². The minimum Gasteiger partial charge on any atom is -0.391 e. The van der Waals surface area contributed by atoms with Crippen molar-refractivity contribution in [3.63, 3.8) is 0 Å². The molecule has 0 spiro atoms. The standard InChI is InChI=1S/C16H23NO2/c1-12-6-5-7-13(10-12)11-16(19)17-14-8-3-2-4-9-15(14)18/h5-7,10,14-15,18H,2-4,8-9,11H2,1H3,(H,17,19). The summed E-state index contributed by atoms with van der Waals surface area (Å²) in [6.07, 6.45) is 5.00. The van der Waals surface area contributed by atoms with E-state index in [4.69, 9.17) is 0 Å². The summed E-state index contributed by atoms with van der Waals surface area (Å²) in [5.74, 6) is 0.0107. The summed E-state index contributed by atoms with van der Waals surface area (Å²) in [6, 6.07) is 7.92. The molecule has 1 fully saturated rings. The Bertz CT molecular complexity index is 431. The molecule has 1 aromatic carbocycles. The lowest BCUT2D eigenvalue weighted by Gasteiger charge is -2.21. The molecule has 2 unspecified atom stereocenters. The lowest BCUT2D eigenvalue weighted by Crippen LogP contribution is -2.43. The molecular weight excluding hydrogens is 238 g/mol. The Kier molecular flexibility index (Phi) is 4.97. The van der Waals surface area contributed by atoms with Gasteiger partial charge in [0.15, 0.2) is 0 Å². The van der Waals surface area contributed by atoms with Gasteiger partial charge in [-0.2, -0.15) is 0 Å². The molecule has 1 amide bonds. The SMILES string of the molecule is Cc1cccc(CC(=O)NC2CCCCCC2O)c1. The number of rotatable bonds is 3. The molecule has 0 bridgehead atoms. The number of carbonyl (C=O) groups excluding carboxylic acids is 1. The van der Waals surface area contributed by atoms with Crippen molar-refractivity contribution < 1.29 is 9.90 Å². The third kappa shape index (κ3) is 4.35. The molecule has 0 aromatic heterocycles. The molecule has 0 radical (unpaired) electrons. The minimum absolute atomic E-state index is 0.0107.